The summed E-state index contributed by atoms with van der Waals surface area (Å²) in [4.78, 5) is 15.1. The van der Waals surface area contributed by atoms with E-state index in [1.807, 2.05) is 0 Å². The highest BCUT2D eigenvalue weighted by Gasteiger charge is 2.06. The van der Waals surface area contributed by atoms with Crippen molar-refractivity contribution in [3.8, 4) is 0 Å². The van der Waals surface area contributed by atoms with Crippen molar-refractivity contribution in [1.82, 2.24) is 10.3 Å². The van der Waals surface area contributed by atoms with Crippen LogP contribution in [-0.2, 0) is 0 Å². The third-order valence-electron chi connectivity index (χ3n) is 1.24. The van der Waals surface area contributed by atoms with Crippen LogP contribution in [0.5, 0.6) is 0 Å². The Balaban J connectivity index is 2.66. The third kappa shape index (κ3) is 2.54. The Morgan fingerprint density at radius 2 is 2.42 bits per heavy atom. The molecule has 0 aromatic carbocycles. The quantitative estimate of drug-likeness (QED) is 0.531. The molecular formula is C8H10N2OS. The Morgan fingerprint density at radius 3 is 2.92 bits per heavy atom. The molecule has 0 bridgehead atoms. The minimum absolute atomic E-state index is 0.153. The normalized spacial score (nSPS) is 12.2. The minimum atomic E-state index is -0.196. The van der Waals surface area contributed by atoms with Crippen molar-refractivity contribution < 1.29 is 4.79 Å². The fourth-order valence-electron chi connectivity index (χ4n) is 0.761. The molecule has 1 amide bonds. The lowest BCUT2D eigenvalue weighted by Gasteiger charge is -2.05. The molecule has 1 N–H and O–H groups in total. The Kier molecular flexibility index (Phi) is 3.10. The Hall–Kier alpha value is -1.03. The smallest absolute Gasteiger partial charge is 0.270 e. The van der Waals surface area contributed by atoms with E-state index in [0.29, 0.717) is 5.69 Å². The lowest BCUT2D eigenvalue weighted by molar-refractivity contribution is 0.0947. The molecule has 4 heteroatoms. The van der Waals surface area contributed by atoms with Gasteiger partial charge >= 0.3 is 0 Å². The van der Waals surface area contributed by atoms with Crippen LogP contribution in [0.15, 0.2) is 24.4 Å². The molecule has 0 aliphatic carbocycles. The molecule has 64 valence electrons. The number of nitrogens with one attached hydrogen (secondary N) is 1. The second-order valence-electron chi connectivity index (χ2n) is 2.36. The second kappa shape index (κ2) is 4.11. The van der Waals surface area contributed by atoms with Gasteiger partial charge in [0.1, 0.15) is 5.69 Å². The van der Waals surface area contributed by atoms with Crippen LogP contribution >= 0.6 is 12.6 Å². The topological polar surface area (TPSA) is 42.0 Å². The Morgan fingerprint density at radius 1 is 1.67 bits per heavy atom. The predicted octanol–water partition coefficient (Wildman–Crippen LogP) is 1.09. The summed E-state index contributed by atoms with van der Waals surface area (Å²) in [5.41, 5.74) is 0.415. The average Bonchev–Trinajstić information content (AvgIpc) is 2.05. The standard InChI is InChI=1S/C8H10N2OS/c1-6(12)10-8(11)7-4-2-3-5-9-7/h2-6,12H,1H3,(H,10,11). The van der Waals surface area contributed by atoms with E-state index in [1.165, 1.54) is 0 Å². The highest BCUT2D eigenvalue weighted by atomic mass is 32.1. The number of rotatable bonds is 2. The molecule has 1 atom stereocenters. The summed E-state index contributed by atoms with van der Waals surface area (Å²) in [6, 6.07) is 5.19. The first-order valence-corrected chi connectivity index (χ1v) is 4.12. The molecule has 1 aromatic heterocycles. The number of hydrogen-bond acceptors (Lipinski definition) is 3. The van der Waals surface area contributed by atoms with E-state index < -0.39 is 0 Å². The molecule has 0 aliphatic rings. The van der Waals surface area contributed by atoms with Gasteiger partial charge in [-0.05, 0) is 19.1 Å². The number of carbonyl (C=O) groups excluding carboxylic acids is 1. The third-order valence-corrected chi connectivity index (χ3v) is 1.37. The van der Waals surface area contributed by atoms with Crippen LogP contribution < -0.4 is 5.32 Å². The SMILES string of the molecule is CC(S)NC(=O)c1ccccn1. The summed E-state index contributed by atoms with van der Waals surface area (Å²) < 4.78 is 0. The number of hydrogen-bond donors (Lipinski definition) is 2. The summed E-state index contributed by atoms with van der Waals surface area (Å²) >= 11 is 4.03. The van der Waals surface area contributed by atoms with E-state index in [1.54, 1.807) is 31.3 Å². The van der Waals surface area contributed by atoms with Crippen molar-refractivity contribution in [1.29, 1.82) is 0 Å². The second-order valence-corrected chi connectivity index (χ2v) is 3.14. The number of amides is 1. The van der Waals surface area contributed by atoms with E-state index in [2.05, 4.69) is 22.9 Å². The molecule has 0 saturated carbocycles. The van der Waals surface area contributed by atoms with Crippen LogP contribution in [0.25, 0.3) is 0 Å². The number of pyridine rings is 1. The molecule has 0 spiro atoms. The zero-order valence-corrected chi connectivity index (χ0v) is 7.58. The first-order valence-electron chi connectivity index (χ1n) is 3.60. The summed E-state index contributed by atoms with van der Waals surface area (Å²) in [7, 11) is 0. The van der Waals surface area contributed by atoms with E-state index >= 15 is 0 Å². The molecule has 3 nitrogen and oxygen atoms in total. The van der Waals surface area contributed by atoms with Crippen molar-refractivity contribution in [2.45, 2.75) is 12.3 Å². The van der Waals surface area contributed by atoms with E-state index in [4.69, 9.17) is 0 Å². The summed E-state index contributed by atoms with van der Waals surface area (Å²) in [6.45, 7) is 1.78. The van der Waals surface area contributed by atoms with Crippen molar-refractivity contribution in [3.05, 3.63) is 30.1 Å². The fourth-order valence-corrected chi connectivity index (χ4v) is 0.878. The number of thiol groups is 1. The van der Waals surface area contributed by atoms with Crippen molar-refractivity contribution >= 4 is 18.5 Å². The fraction of sp³-hybridized carbons (Fsp3) is 0.250. The van der Waals surface area contributed by atoms with Crippen LogP contribution in [0.3, 0.4) is 0 Å². The number of carbonyl (C=O) groups is 1. The molecule has 1 aromatic rings. The zero-order valence-electron chi connectivity index (χ0n) is 6.69. The molecule has 0 saturated heterocycles. The van der Waals surface area contributed by atoms with E-state index in [-0.39, 0.29) is 11.3 Å². The van der Waals surface area contributed by atoms with Gasteiger partial charge < -0.3 is 5.32 Å². The summed E-state index contributed by atoms with van der Waals surface area (Å²) in [6.07, 6.45) is 1.58. The van der Waals surface area contributed by atoms with Crippen LogP contribution in [-0.4, -0.2) is 16.3 Å². The van der Waals surface area contributed by atoms with Crippen LogP contribution in [0.2, 0.25) is 0 Å². The monoisotopic (exact) mass is 182 g/mol. The van der Waals surface area contributed by atoms with Crippen LogP contribution in [0.4, 0.5) is 0 Å². The Bertz CT molecular complexity index is 261. The molecule has 12 heavy (non-hydrogen) atoms. The van der Waals surface area contributed by atoms with Gasteiger partial charge in [-0.25, -0.2) is 0 Å². The highest BCUT2D eigenvalue weighted by molar-refractivity contribution is 7.80. The first-order chi connectivity index (χ1) is 5.70. The van der Waals surface area contributed by atoms with Gasteiger partial charge in [-0.2, -0.15) is 12.6 Å². The highest BCUT2D eigenvalue weighted by Crippen LogP contribution is 1.95. The lowest BCUT2D eigenvalue weighted by Crippen LogP contribution is -2.29. The van der Waals surface area contributed by atoms with Gasteiger partial charge in [0, 0.05) is 6.20 Å². The van der Waals surface area contributed by atoms with Crippen LogP contribution in [0.1, 0.15) is 17.4 Å². The van der Waals surface area contributed by atoms with E-state index in [0.717, 1.165) is 0 Å². The maximum atomic E-state index is 11.2. The van der Waals surface area contributed by atoms with Crippen LogP contribution in [0, 0.1) is 0 Å². The molecule has 1 unspecified atom stereocenters. The molecule has 1 rings (SSSR count). The Labute approximate surface area is 76.6 Å². The van der Waals surface area contributed by atoms with E-state index in [9.17, 15) is 4.79 Å². The molecular weight excluding hydrogens is 172 g/mol. The minimum Gasteiger partial charge on any atom is -0.339 e. The largest absolute Gasteiger partial charge is 0.339 e. The van der Waals surface area contributed by atoms with Gasteiger partial charge in [0.25, 0.3) is 5.91 Å². The maximum Gasteiger partial charge on any atom is 0.270 e. The van der Waals surface area contributed by atoms with Crippen molar-refractivity contribution in [2.75, 3.05) is 0 Å². The summed E-state index contributed by atoms with van der Waals surface area (Å²) in [5.74, 6) is -0.196. The number of nitrogens with zero attached hydrogens (tertiary/aromatic N) is 1. The lowest BCUT2D eigenvalue weighted by atomic mass is 10.3. The van der Waals surface area contributed by atoms with Gasteiger partial charge in [-0.3, -0.25) is 9.78 Å². The molecule has 0 radical (unpaired) electrons. The summed E-state index contributed by atoms with van der Waals surface area (Å²) in [5, 5.41) is 2.47. The van der Waals surface area contributed by atoms with Gasteiger partial charge in [-0.15, -0.1) is 0 Å². The van der Waals surface area contributed by atoms with Crippen molar-refractivity contribution in [2.24, 2.45) is 0 Å². The number of aromatic nitrogens is 1. The maximum absolute atomic E-state index is 11.2. The first kappa shape index (κ1) is 9.06. The van der Waals surface area contributed by atoms with Gasteiger partial charge in [0.15, 0.2) is 0 Å². The predicted molar refractivity (Wildman–Crippen MR) is 50.2 cm³/mol. The zero-order chi connectivity index (χ0) is 8.97. The van der Waals surface area contributed by atoms with Gasteiger partial charge in [0.2, 0.25) is 0 Å². The van der Waals surface area contributed by atoms with Gasteiger partial charge in [-0.1, -0.05) is 6.07 Å². The van der Waals surface area contributed by atoms with Crippen molar-refractivity contribution in [3.63, 3.8) is 0 Å². The molecule has 0 aliphatic heterocycles. The molecule has 0 fully saturated rings. The van der Waals surface area contributed by atoms with Gasteiger partial charge in [0.05, 0.1) is 5.37 Å². The average molecular weight is 182 g/mol. The molecule has 1 heterocycles.